The SMILES string of the molecule is CCCCNC(=O)OC(C)N(C(C)OC(=O)NCCCC)C(C)C(C)N.Cl.Cl. The molecule has 4 unspecified atom stereocenters. The van der Waals surface area contributed by atoms with Gasteiger partial charge in [0.15, 0.2) is 12.5 Å². The second-order valence-corrected chi connectivity index (χ2v) is 6.62. The fourth-order valence-corrected chi connectivity index (χ4v) is 2.48. The molecule has 0 aromatic carbocycles. The van der Waals surface area contributed by atoms with E-state index in [-0.39, 0.29) is 36.9 Å². The Morgan fingerprint density at radius 1 is 0.857 bits per heavy atom. The van der Waals surface area contributed by atoms with Gasteiger partial charge in [-0.05, 0) is 40.5 Å². The van der Waals surface area contributed by atoms with E-state index in [1.165, 1.54) is 0 Å². The van der Waals surface area contributed by atoms with E-state index in [1.54, 1.807) is 18.7 Å². The summed E-state index contributed by atoms with van der Waals surface area (Å²) in [4.78, 5) is 25.6. The molecular formula is C18H40Cl2N4O4. The number of carbonyl (C=O) groups excluding carboxylic acids is 2. The van der Waals surface area contributed by atoms with Gasteiger partial charge >= 0.3 is 12.2 Å². The highest BCUT2D eigenvalue weighted by Crippen LogP contribution is 2.16. The van der Waals surface area contributed by atoms with Gasteiger partial charge in [0.05, 0.1) is 0 Å². The summed E-state index contributed by atoms with van der Waals surface area (Å²) in [7, 11) is 0. The van der Waals surface area contributed by atoms with Crippen LogP contribution in [0.2, 0.25) is 0 Å². The lowest BCUT2D eigenvalue weighted by molar-refractivity contribution is -0.114. The van der Waals surface area contributed by atoms with Crippen LogP contribution in [0.5, 0.6) is 0 Å². The Labute approximate surface area is 182 Å². The molecule has 0 saturated heterocycles. The number of rotatable bonds is 12. The topological polar surface area (TPSA) is 106 Å². The molecule has 0 rings (SSSR count). The molecule has 8 nitrogen and oxygen atoms in total. The van der Waals surface area contributed by atoms with E-state index >= 15 is 0 Å². The Bertz CT molecular complexity index is 387. The van der Waals surface area contributed by atoms with E-state index in [9.17, 15) is 9.59 Å². The molecule has 4 atom stereocenters. The van der Waals surface area contributed by atoms with Gasteiger partial charge in [-0.25, -0.2) is 14.5 Å². The van der Waals surface area contributed by atoms with Gasteiger partial charge < -0.3 is 25.8 Å². The Kier molecular flexibility index (Phi) is 20.5. The molecule has 0 bridgehead atoms. The van der Waals surface area contributed by atoms with Crippen molar-refractivity contribution in [2.45, 2.75) is 91.8 Å². The van der Waals surface area contributed by atoms with Crippen molar-refractivity contribution in [2.75, 3.05) is 13.1 Å². The monoisotopic (exact) mass is 446 g/mol. The fourth-order valence-electron chi connectivity index (χ4n) is 2.48. The number of amides is 2. The first-order chi connectivity index (χ1) is 12.2. The first-order valence-corrected chi connectivity index (χ1v) is 9.66. The van der Waals surface area contributed by atoms with Crippen molar-refractivity contribution in [2.24, 2.45) is 5.73 Å². The van der Waals surface area contributed by atoms with E-state index in [0.29, 0.717) is 13.1 Å². The quantitative estimate of drug-likeness (QED) is 0.312. The molecule has 0 aliphatic rings. The Morgan fingerprint density at radius 3 is 1.50 bits per heavy atom. The highest BCUT2D eigenvalue weighted by Gasteiger charge is 2.31. The molecule has 0 fully saturated rings. The first-order valence-electron chi connectivity index (χ1n) is 9.66. The molecule has 0 aromatic heterocycles. The molecule has 0 aliphatic heterocycles. The zero-order chi connectivity index (χ0) is 20.1. The van der Waals surface area contributed by atoms with Crippen LogP contribution in [0.3, 0.4) is 0 Å². The lowest BCUT2D eigenvalue weighted by atomic mass is 10.1. The maximum Gasteiger partial charge on any atom is 0.408 e. The maximum atomic E-state index is 11.9. The number of alkyl carbamates (subject to hydrolysis) is 2. The summed E-state index contributed by atoms with van der Waals surface area (Å²) in [6, 6.07) is -0.356. The number of hydrogen-bond acceptors (Lipinski definition) is 6. The summed E-state index contributed by atoms with van der Waals surface area (Å²) < 4.78 is 10.9. The average Bonchev–Trinajstić information content (AvgIpc) is 2.55. The summed E-state index contributed by atoms with van der Waals surface area (Å²) in [6.07, 6.45) is 1.57. The number of nitrogens with two attached hydrogens (primary N) is 1. The van der Waals surface area contributed by atoms with Crippen LogP contribution in [0.4, 0.5) is 9.59 Å². The molecule has 0 spiro atoms. The van der Waals surface area contributed by atoms with Gasteiger partial charge in [-0.3, -0.25) is 0 Å². The number of halogens is 2. The second-order valence-electron chi connectivity index (χ2n) is 6.62. The fraction of sp³-hybridized carbons (Fsp3) is 0.889. The summed E-state index contributed by atoms with van der Waals surface area (Å²) in [5.74, 6) is 0. The molecule has 0 radical (unpaired) electrons. The van der Waals surface area contributed by atoms with Gasteiger partial charge in [0, 0.05) is 25.2 Å². The van der Waals surface area contributed by atoms with Crippen LogP contribution in [0.15, 0.2) is 0 Å². The van der Waals surface area contributed by atoms with E-state index in [2.05, 4.69) is 10.6 Å². The van der Waals surface area contributed by atoms with E-state index in [0.717, 1.165) is 25.7 Å². The van der Waals surface area contributed by atoms with Crippen LogP contribution in [0, 0.1) is 0 Å². The lowest BCUT2D eigenvalue weighted by Crippen LogP contribution is -2.55. The average molecular weight is 447 g/mol. The molecule has 4 N–H and O–H groups in total. The third kappa shape index (κ3) is 13.3. The largest absolute Gasteiger partial charge is 0.430 e. The number of nitrogens with zero attached hydrogens (tertiary/aromatic N) is 1. The standard InChI is InChI=1S/C18H38N4O4.2ClH/c1-7-9-11-20-17(23)25-15(5)22(14(4)13(3)19)16(6)26-18(24)21-12-10-8-2;;/h13-16H,7-12,19H2,1-6H3,(H,20,23)(H,21,24);2*1H. The van der Waals surface area contributed by atoms with Crippen LogP contribution in [-0.4, -0.2) is 54.7 Å². The summed E-state index contributed by atoms with van der Waals surface area (Å²) in [5.41, 5.74) is 6.02. The van der Waals surface area contributed by atoms with Crippen molar-refractivity contribution in [1.82, 2.24) is 15.5 Å². The predicted molar refractivity (Wildman–Crippen MR) is 117 cm³/mol. The van der Waals surface area contributed by atoms with E-state index in [4.69, 9.17) is 15.2 Å². The van der Waals surface area contributed by atoms with Crippen molar-refractivity contribution in [3.63, 3.8) is 0 Å². The third-order valence-electron chi connectivity index (χ3n) is 4.23. The zero-order valence-electron chi connectivity index (χ0n) is 18.0. The normalized spacial score (nSPS) is 14.6. The molecule has 2 amide bonds. The number of hydrogen-bond donors (Lipinski definition) is 3. The molecule has 28 heavy (non-hydrogen) atoms. The van der Waals surface area contributed by atoms with Crippen LogP contribution in [-0.2, 0) is 9.47 Å². The van der Waals surface area contributed by atoms with Gasteiger partial charge in [-0.15, -0.1) is 24.8 Å². The molecule has 0 heterocycles. The van der Waals surface area contributed by atoms with Crippen molar-refractivity contribution in [1.29, 1.82) is 0 Å². The molecule has 170 valence electrons. The predicted octanol–water partition coefficient (Wildman–Crippen LogP) is 3.61. The van der Waals surface area contributed by atoms with Crippen molar-refractivity contribution >= 4 is 37.0 Å². The van der Waals surface area contributed by atoms with Crippen molar-refractivity contribution < 1.29 is 19.1 Å². The molecular weight excluding hydrogens is 407 g/mol. The number of carbonyl (C=O) groups is 2. The minimum Gasteiger partial charge on any atom is -0.430 e. The smallest absolute Gasteiger partial charge is 0.408 e. The second kappa shape index (κ2) is 18.1. The minimum absolute atomic E-state index is 0. The van der Waals surface area contributed by atoms with E-state index < -0.39 is 24.6 Å². The Hall–Kier alpha value is -0.960. The van der Waals surface area contributed by atoms with Gasteiger partial charge in [0.25, 0.3) is 0 Å². The minimum atomic E-state index is -0.601. The highest BCUT2D eigenvalue weighted by molar-refractivity contribution is 5.85. The first kappa shape index (κ1) is 31.7. The van der Waals surface area contributed by atoms with Gasteiger partial charge in [0.1, 0.15) is 0 Å². The van der Waals surface area contributed by atoms with Crippen LogP contribution in [0.25, 0.3) is 0 Å². The molecule has 10 heteroatoms. The maximum absolute atomic E-state index is 11.9. The van der Waals surface area contributed by atoms with Gasteiger partial charge in [-0.2, -0.15) is 0 Å². The highest BCUT2D eigenvalue weighted by atomic mass is 35.5. The summed E-state index contributed by atoms with van der Waals surface area (Å²) in [5, 5.41) is 5.42. The number of nitrogens with one attached hydrogen (secondary N) is 2. The molecule has 0 aliphatic carbocycles. The van der Waals surface area contributed by atoms with Crippen LogP contribution in [0.1, 0.15) is 67.2 Å². The Morgan fingerprint density at radius 2 is 1.21 bits per heavy atom. The summed E-state index contributed by atoms with van der Waals surface area (Å²) >= 11 is 0. The number of ether oxygens (including phenoxy) is 2. The zero-order valence-corrected chi connectivity index (χ0v) is 19.7. The van der Waals surface area contributed by atoms with Gasteiger partial charge in [-0.1, -0.05) is 26.7 Å². The Balaban J connectivity index is -0.00000312. The summed E-state index contributed by atoms with van der Waals surface area (Å²) in [6.45, 7) is 12.5. The van der Waals surface area contributed by atoms with Crippen molar-refractivity contribution in [3.05, 3.63) is 0 Å². The molecule has 0 aromatic rings. The van der Waals surface area contributed by atoms with Crippen LogP contribution < -0.4 is 16.4 Å². The van der Waals surface area contributed by atoms with Crippen LogP contribution >= 0.6 is 24.8 Å². The molecule has 0 saturated carbocycles. The van der Waals surface area contributed by atoms with Crippen molar-refractivity contribution in [3.8, 4) is 0 Å². The number of unbranched alkanes of at least 4 members (excludes halogenated alkanes) is 2. The van der Waals surface area contributed by atoms with E-state index in [1.807, 2.05) is 27.7 Å². The third-order valence-corrected chi connectivity index (χ3v) is 4.23. The van der Waals surface area contributed by atoms with Gasteiger partial charge in [0.2, 0.25) is 0 Å². The lowest BCUT2D eigenvalue weighted by Gasteiger charge is -2.39.